The van der Waals surface area contributed by atoms with Crippen LogP contribution in [0.1, 0.15) is 18.2 Å². The van der Waals surface area contributed by atoms with Gasteiger partial charge >= 0.3 is 0 Å². The van der Waals surface area contributed by atoms with Gasteiger partial charge in [0.15, 0.2) is 0 Å². The van der Waals surface area contributed by atoms with Crippen molar-refractivity contribution in [1.82, 2.24) is 9.78 Å². The first-order valence-electron chi connectivity index (χ1n) is 5.82. The van der Waals surface area contributed by atoms with Crippen LogP contribution < -0.4 is 10.5 Å². The van der Waals surface area contributed by atoms with E-state index >= 15 is 0 Å². The van der Waals surface area contributed by atoms with E-state index in [2.05, 4.69) is 5.10 Å². The van der Waals surface area contributed by atoms with Crippen molar-refractivity contribution in [3.8, 4) is 5.88 Å². The predicted octanol–water partition coefficient (Wildman–Crippen LogP) is 2.51. The summed E-state index contributed by atoms with van der Waals surface area (Å²) in [6, 6.07) is 6.51. The van der Waals surface area contributed by atoms with Gasteiger partial charge in [0.2, 0.25) is 5.88 Å². The van der Waals surface area contributed by atoms with Crippen LogP contribution in [0, 0.1) is 12.7 Å². The van der Waals surface area contributed by atoms with E-state index < -0.39 is 0 Å². The van der Waals surface area contributed by atoms with Crippen molar-refractivity contribution in [3.63, 3.8) is 0 Å². The molecule has 2 aromatic rings. The smallest absolute Gasteiger partial charge is 0.236 e. The minimum absolute atomic E-state index is 0.141. The van der Waals surface area contributed by atoms with Gasteiger partial charge in [-0.2, -0.15) is 5.10 Å². The third-order valence-corrected chi connectivity index (χ3v) is 2.75. The molecule has 0 spiro atoms. The summed E-state index contributed by atoms with van der Waals surface area (Å²) in [5.74, 6) is 0.216. The van der Waals surface area contributed by atoms with Crippen LogP contribution in [0.2, 0.25) is 0 Å². The van der Waals surface area contributed by atoms with E-state index in [1.165, 1.54) is 6.07 Å². The molecule has 4 nitrogen and oxygen atoms in total. The number of anilines is 1. The van der Waals surface area contributed by atoms with Crippen LogP contribution in [0.3, 0.4) is 0 Å². The summed E-state index contributed by atoms with van der Waals surface area (Å²) in [5.41, 5.74) is 7.61. The number of ether oxygens (including phenoxy) is 1. The number of hydrogen-bond donors (Lipinski definition) is 1. The molecule has 0 bridgehead atoms. The minimum Gasteiger partial charge on any atom is -0.471 e. The molecule has 2 N–H and O–H groups in total. The average molecular weight is 249 g/mol. The minimum atomic E-state index is -0.282. The quantitative estimate of drug-likeness (QED) is 0.905. The molecular weight excluding hydrogens is 233 g/mol. The molecular formula is C13H16FN3O. The summed E-state index contributed by atoms with van der Waals surface area (Å²) in [7, 11) is 0. The number of hydrogen-bond acceptors (Lipinski definition) is 3. The van der Waals surface area contributed by atoms with E-state index in [0.29, 0.717) is 23.7 Å². The highest BCUT2D eigenvalue weighted by molar-refractivity contribution is 5.52. The van der Waals surface area contributed by atoms with Crippen molar-refractivity contribution in [1.29, 1.82) is 0 Å². The van der Waals surface area contributed by atoms with Crippen molar-refractivity contribution >= 4 is 5.69 Å². The van der Waals surface area contributed by atoms with Gasteiger partial charge in [-0.3, -0.25) is 0 Å². The molecule has 0 saturated heterocycles. The molecule has 96 valence electrons. The Hall–Kier alpha value is -2.04. The lowest BCUT2D eigenvalue weighted by Gasteiger charge is -2.09. The first-order chi connectivity index (χ1) is 8.63. The number of benzene rings is 1. The van der Waals surface area contributed by atoms with Crippen LogP contribution in [0.25, 0.3) is 0 Å². The highest BCUT2D eigenvalue weighted by Gasteiger charge is 2.13. The van der Waals surface area contributed by atoms with Crippen LogP contribution in [0.4, 0.5) is 10.1 Å². The van der Waals surface area contributed by atoms with Crippen LogP contribution in [0.15, 0.2) is 24.3 Å². The van der Waals surface area contributed by atoms with Crippen molar-refractivity contribution in [3.05, 3.63) is 41.3 Å². The molecule has 0 aliphatic carbocycles. The topological polar surface area (TPSA) is 53.1 Å². The standard InChI is InChI=1S/C13H16FN3O/c1-3-17-13(12(15)9(2)16-17)18-8-10-6-4-5-7-11(10)14/h4-7H,3,8,15H2,1-2H3. The molecule has 1 aromatic carbocycles. The molecule has 0 atom stereocenters. The first kappa shape index (κ1) is 12.4. The summed E-state index contributed by atoms with van der Waals surface area (Å²) in [6.07, 6.45) is 0. The van der Waals surface area contributed by atoms with Crippen LogP contribution >= 0.6 is 0 Å². The maximum Gasteiger partial charge on any atom is 0.236 e. The zero-order valence-electron chi connectivity index (χ0n) is 10.5. The lowest BCUT2D eigenvalue weighted by atomic mass is 10.2. The summed E-state index contributed by atoms with van der Waals surface area (Å²) >= 11 is 0. The summed E-state index contributed by atoms with van der Waals surface area (Å²) in [4.78, 5) is 0. The summed E-state index contributed by atoms with van der Waals surface area (Å²) in [5, 5.41) is 4.24. The third-order valence-electron chi connectivity index (χ3n) is 2.75. The van der Waals surface area contributed by atoms with Gasteiger partial charge in [-0.1, -0.05) is 18.2 Å². The number of aromatic nitrogens is 2. The fourth-order valence-corrected chi connectivity index (χ4v) is 1.70. The number of nitrogen functional groups attached to an aromatic ring is 1. The van der Waals surface area contributed by atoms with Crippen molar-refractivity contribution < 1.29 is 9.13 Å². The number of rotatable bonds is 4. The van der Waals surface area contributed by atoms with Crippen LogP contribution in [-0.4, -0.2) is 9.78 Å². The first-order valence-corrected chi connectivity index (χ1v) is 5.82. The molecule has 5 heteroatoms. The van der Waals surface area contributed by atoms with E-state index in [1.54, 1.807) is 22.9 Å². The van der Waals surface area contributed by atoms with E-state index in [4.69, 9.17) is 10.5 Å². The average Bonchev–Trinajstić information content (AvgIpc) is 2.65. The number of nitrogens with two attached hydrogens (primary N) is 1. The lowest BCUT2D eigenvalue weighted by Crippen LogP contribution is -2.05. The highest BCUT2D eigenvalue weighted by Crippen LogP contribution is 2.25. The van der Waals surface area contributed by atoms with Gasteiger partial charge in [0.25, 0.3) is 0 Å². The molecule has 2 rings (SSSR count). The third kappa shape index (κ3) is 2.30. The van der Waals surface area contributed by atoms with Gasteiger partial charge in [-0.05, 0) is 19.9 Å². The molecule has 1 heterocycles. The fourth-order valence-electron chi connectivity index (χ4n) is 1.70. The lowest BCUT2D eigenvalue weighted by molar-refractivity contribution is 0.270. The fraction of sp³-hybridized carbons (Fsp3) is 0.308. The van der Waals surface area contributed by atoms with Gasteiger partial charge < -0.3 is 10.5 Å². The molecule has 0 amide bonds. The zero-order valence-corrected chi connectivity index (χ0v) is 10.5. The van der Waals surface area contributed by atoms with Crippen LogP contribution in [-0.2, 0) is 13.2 Å². The van der Waals surface area contributed by atoms with Crippen LogP contribution in [0.5, 0.6) is 5.88 Å². The Morgan fingerprint density at radius 1 is 1.39 bits per heavy atom. The zero-order chi connectivity index (χ0) is 13.1. The van der Waals surface area contributed by atoms with Gasteiger partial charge in [0.1, 0.15) is 18.1 Å². The monoisotopic (exact) mass is 249 g/mol. The van der Waals surface area contributed by atoms with Crippen molar-refractivity contribution in [2.24, 2.45) is 0 Å². The Kier molecular flexibility index (Phi) is 3.50. The van der Waals surface area contributed by atoms with E-state index in [0.717, 1.165) is 5.69 Å². The Bertz CT molecular complexity index is 551. The molecule has 0 saturated carbocycles. The van der Waals surface area contributed by atoms with E-state index in [1.807, 2.05) is 13.8 Å². The Balaban J connectivity index is 2.18. The molecule has 0 aliphatic heterocycles. The van der Waals surface area contributed by atoms with Crippen molar-refractivity contribution in [2.45, 2.75) is 27.0 Å². The molecule has 1 aromatic heterocycles. The maximum absolute atomic E-state index is 13.4. The summed E-state index contributed by atoms with van der Waals surface area (Å²) < 4.78 is 20.7. The number of halogens is 1. The SMILES string of the molecule is CCn1nc(C)c(N)c1OCc1ccccc1F. The van der Waals surface area contributed by atoms with Gasteiger partial charge in [0, 0.05) is 12.1 Å². The second kappa shape index (κ2) is 5.08. The Morgan fingerprint density at radius 3 is 2.78 bits per heavy atom. The van der Waals surface area contributed by atoms with E-state index in [9.17, 15) is 4.39 Å². The van der Waals surface area contributed by atoms with E-state index in [-0.39, 0.29) is 12.4 Å². The molecule has 0 aliphatic rings. The maximum atomic E-state index is 13.4. The predicted molar refractivity (Wildman–Crippen MR) is 67.8 cm³/mol. The largest absolute Gasteiger partial charge is 0.471 e. The Labute approximate surface area is 105 Å². The number of nitrogens with zero attached hydrogens (tertiary/aromatic N) is 2. The second-order valence-corrected chi connectivity index (χ2v) is 4.00. The normalized spacial score (nSPS) is 10.6. The second-order valence-electron chi connectivity index (χ2n) is 4.00. The Morgan fingerprint density at radius 2 is 2.11 bits per heavy atom. The molecule has 18 heavy (non-hydrogen) atoms. The highest BCUT2D eigenvalue weighted by atomic mass is 19.1. The van der Waals surface area contributed by atoms with Gasteiger partial charge in [-0.15, -0.1) is 0 Å². The summed E-state index contributed by atoms with van der Waals surface area (Å²) in [6.45, 7) is 4.56. The number of aryl methyl sites for hydroxylation is 2. The molecule has 0 unspecified atom stereocenters. The molecule has 0 fully saturated rings. The van der Waals surface area contributed by atoms with Crippen molar-refractivity contribution in [2.75, 3.05) is 5.73 Å². The molecule has 0 radical (unpaired) electrons. The van der Waals surface area contributed by atoms with Gasteiger partial charge in [-0.25, -0.2) is 9.07 Å². The van der Waals surface area contributed by atoms with Gasteiger partial charge in [0.05, 0.1) is 5.69 Å².